The lowest BCUT2D eigenvalue weighted by Gasteiger charge is -2.45. The Balaban J connectivity index is 1.57. The van der Waals surface area contributed by atoms with Crippen LogP contribution in [0.1, 0.15) is 56.2 Å². The molecule has 29 heavy (non-hydrogen) atoms. The lowest BCUT2D eigenvalue weighted by molar-refractivity contribution is -0.113. The maximum Gasteiger partial charge on any atom is 0.184 e. The SMILES string of the molecule is CC1=C2CCC[C@H](O)[C@@]2(C)C/C(=C\c2ccc(/C=C/c3ccccc3)cc2)C1=O. The van der Waals surface area contributed by atoms with Crippen molar-refractivity contribution in [1.29, 1.82) is 0 Å². The van der Waals surface area contributed by atoms with Crippen LogP contribution < -0.4 is 0 Å². The zero-order chi connectivity index (χ0) is 20.4. The summed E-state index contributed by atoms with van der Waals surface area (Å²) in [5.41, 5.74) is 5.83. The van der Waals surface area contributed by atoms with Gasteiger partial charge in [-0.3, -0.25) is 4.79 Å². The Kier molecular flexibility index (Phi) is 5.38. The Morgan fingerprint density at radius 1 is 0.966 bits per heavy atom. The monoisotopic (exact) mass is 384 g/mol. The van der Waals surface area contributed by atoms with Crippen molar-refractivity contribution in [2.75, 3.05) is 0 Å². The Labute approximate surface area is 173 Å². The minimum atomic E-state index is -0.372. The summed E-state index contributed by atoms with van der Waals surface area (Å²) in [4.78, 5) is 12.9. The average Bonchev–Trinajstić information content (AvgIpc) is 2.74. The molecule has 2 aromatic carbocycles. The number of rotatable bonds is 3. The molecule has 0 unspecified atom stereocenters. The van der Waals surface area contributed by atoms with Gasteiger partial charge in [-0.05, 0) is 60.9 Å². The van der Waals surface area contributed by atoms with Gasteiger partial charge in [0.2, 0.25) is 0 Å². The molecular weight excluding hydrogens is 356 g/mol. The van der Waals surface area contributed by atoms with E-state index in [2.05, 4.69) is 55.5 Å². The molecule has 2 aliphatic carbocycles. The highest BCUT2D eigenvalue weighted by Crippen LogP contribution is 2.50. The predicted octanol–water partition coefficient (Wildman–Crippen LogP) is 6.08. The summed E-state index contributed by atoms with van der Waals surface area (Å²) in [6, 6.07) is 18.5. The topological polar surface area (TPSA) is 37.3 Å². The number of ketones is 1. The summed E-state index contributed by atoms with van der Waals surface area (Å²) >= 11 is 0. The average molecular weight is 385 g/mol. The quantitative estimate of drug-likeness (QED) is 0.514. The van der Waals surface area contributed by atoms with Gasteiger partial charge in [0, 0.05) is 11.0 Å². The molecule has 0 aliphatic heterocycles. The molecule has 2 nitrogen and oxygen atoms in total. The minimum absolute atomic E-state index is 0.139. The fraction of sp³-hybridized carbons (Fsp3) is 0.296. The van der Waals surface area contributed by atoms with Crippen molar-refractivity contribution in [2.45, 2.75) is 45.6 Å². The van der Waals surface area contributed by atoms with Crippen molar-refractivity contribution in [3.8, 4) is 0 Å². The second kappa shape index (κ2) is 7.96. The van der Waals surface area contributed by atoms with Gasteiger partial charge in [0.05, 0.1) is 6.10 Å². The Morgan fingerprint density at radius 3 is 2.28 bits per heavy atom. The molecule has 0 spiro atoms. The van der Waals surface area contributed by atoms with Gasteiger partial charge < -0.3 is 5.11 Å². The van der Waals surface area contributed by atoms with Crippen LogP contribution in [0.4, 0.5) is 0 Å². The Morgan fingerprint density at radius 2 is 1.59 bits per heavy atom. The van der Waals surface area contributed by atoms with Crippen LogP contribution in [0.3, 0.4) is 0 Å². The molecule has 2 heteroatoms. The van der Waals surface area contributed by atoms with E-state index < -0.39 is 0 Å². The summed E-state index contributed by atoms with van der Waals surface area (Å²) in [6.45, 7) is 4.05. The Bertz CT molecular complexity index is 993. The third-order valence-corrected chi connectivity index (χ3v) is 6.52. The molecule has 0 amide bonds. The van der Waals surface area contributed by atoms with E-state index in [0.717, 1.165) is 41.5 Å². The fourth-order valence-corrected chi connectivity index (χ4v) is 4.75. The number of fused-ring (bicyclic) bond motifs is 1. The fourth-order valence-electron chi connectivity index (χ4n) is 4.75. The van der Waals surface area contributed by atoms with Crippen molar-refractivity contribution >= 4 is 24.0 Å². The van der Waals surface area contributed by atoms with Crippen molar-refractivity contribution in [3.05, 3.63) is 88.0 Å². The van der Waals surface area contributed by atoms with Crippen LogP contribution in [-0.2, 0) is 4.79 Å². The molecule has 1 saturated carbocycles. The first-order chi connectivity index (χ1) is 14.0. The van der Waals surface area contributed by atoms with Crippen molar-refractivity contribution in [1.82, 2.24) is 0 Å². The highest BCUT2D eigenvalue weighted by atomic mass is 16.3. The standard InChI is InChI=1S/C27H28O2/c1-19-24-9-6-10-25(28)27(24,2)18-23(26(19)29)17-22-15-13-21(14-16-22)12-11-20-7-4-3-5-8-20/h3-5,7-8,11-17,25,28H,6,9-10,18H2,1-2H3/b12-11+,23-17+/t25-,27-/m0/s1. The van der Waals surface area contributed by atoms with E-state index in [0.29, 0.717) is 6.42 Å². The van der Waals surface area contributed by atoms with Crippen LogP contribution >= 0.6 is 0 Å². The highest BCUT2D eigenvalue weighted by molar-refractivity contribution is 6.12. The molecule has 0 radical (unpaired) electrons. The first-order valence-electron chi connectivity index (χ1n) is 10.4. The smallest absolute Gasteiger partial charge is 0.184 e. The number of benzene rings is 2. The van der Waals surface area contributed by atoms with Crippen LogP contribution in [0.5, 0.6) is 0 Å². The zero-order valence-corrected chi connectivity index (χ0v) is 17.2. The zero-order valence-electron chi connectivity index (χ0n) is 17.2. The number of carbonyl (C=O) groups is 1. The van der Waals surface area contributed by atoms with Gasteiger partial charge in [-0.1, -0.05) is 79.2 Å². The number of hydrogen-bond acceptors (Lipinski definition) is 2. The third-order valence-electron chi connectivity index (χ3n) is 6.52. The lowest BCUT2D eigenvalue weighted by atomic mass is 9.61. The molecule has 0 bridgehead atoms. The van der Waals surface area contributed by atoms with E-state index in [4.69, 9.17) is 0 Å². The molecule has 0 heterocycles. The molecular formula is C27H28O2. The van der Waals surface area contributed by atoms with Crippen LogP contribution in [0.25, 0.3) is 18.2 Å². The molecule has 2 aliphatic rings. The van der Waals surface area contributed by atoms with Crippen LogP contribution in [0, 0.1) is 5.41 Å². The van der Waals surface area contributed by atoms with Gasteiger partial charge in [-0.15, -0.1) is 0 Å². The van der Waals surface area contributed by atoms with E-state index in [1.807, 2.05) is 31.2 Å². The van der Waals surface area contributed by atoms with Crippen molar-refractivity contribution in [2.24, 2.45) is 5.41 Å². The lowest BCUT2D eigenvalue weighted by Crippen LogP contribution is -2.42. The number of hydrogen-bond donors (Lipinski definition) is 1. The Hall–Kier alpha value is -2.71. The van der Waals surface area contributed by atoms with Gasteiger partial charge in [0.15, 0.2) is 5.78 Å². The molecule has 0 saturated heterocycles. The normalized spacial score (nSPS) is 26.2. The minimum Gasteiger partial charge on any atom is -0.392 e. The van der Waals surface area contributed by atoms with E-state index in [-0.39, 0.29) is 17.3 Å². The molecule has 0 aromatic heterocycles. The number of Topliss-reactive ketones (excluding diaryl/α,β-unsaturated/α-hetero) is 1. The number of aliphatic hydroxyl groups is 1. The third kappa shape index (κ3) is 3.90. The highest BCUT2D eigenvalue weighted by Gasteiger charge is 2.45. The van der Waals surface area contributed by atoms with Gasteiger partial charge in [-0.2, -0.15) is 0 Å². The second-order valence-electron chi connectivity index (χ2n) is 8.52. The molecule has 1 fully saturated rings. The molecule has 2 aromatic rings. The molecule has 1 N–H and O–H groups in total. The molecule has 2 atom stereocenters. The van der Waals surface area contributed by atoms with Crippen molar-refractivity contribution in [3.63, 3.8) is 0 Å². The van der Waals surface area contributed by atoms with E-state index in [1.54, 1.807) is 0 Å². The summed E-state index contributed by atoms with van der Waals surface area (Å²) in [6.07, 6.45) is 9.15. The first-order valence-corrected chi connectivity index (χ1v) is 10.4. The predicted molar refractivity (Wildman–Crippen MR) is 120 cm³/mol. The first kappa shape index (κ1) is 19.6. The van der Waals surface area contributed by atoms with Crippen LogP contribution in [-0.4, -0.2) is 17.0 Å². The van der Waals surface area contributed by atoms with E-state index in [9.17, 15) is 9.90 Å². The largest absolute Gasteiger partial charge is 0.392 e. The maximum absolute atomic E-state index is 12.9. The maximum atomic E-state index is 12.9. The number of carbonyl (C=O) groups excluding carboxylic acids is 1. The van der Waals surface area contributed by atoms with Gasteiger partial charge in [0.1, 0.15) is 0 Å². The van der Waals surface area contributed by atoms with E-state index in [1.165, 1.54) is 11.1 Å². The number of aliphatic hydroxyl groups excluding tert-OH is 1. The summed E-state index contributed by atoms with van der Waals surface area (Å²) in [5.74, 6) is 0.139. The second-order valence-corrected chi connectivity index (χ2v) is 8.52. The molecule has 148 valence electrons. The van der Waals surface area contributed by atoms with Gasteiger partial charge >= 0.3 is 0 Å². The van der Waals surface area contributed by atoms with Crippen LogP contribution in [0.2, 0.25) is 0 Å². The van der Waals surface area contributed by atoms with E-state index >= 15 is 0 Å². The van der Waals surface area contributed by atoms with Crippen molar-refractivity contribution < 1.29 is 9.90 Å². The molecule has 4 rings (SSSR count). The summed E-state index contributed by atoms with van der Waals surface area (Å²) in [5, 5.41) is 10.7. The number of allylic oxidation sites excluding steroid dienone is 2. The van der Waals surface area contributed by atoms with Gasteiger partial charge in [-0.25, -0.2) is 0 Å². The summed E-state index contributed by atoms with van der Waals surface area (Å²) in [7, 11) is 0. The summed E-state index contributed by atoms with van der Waals surface area (Å²) < 4.78 is 0. The van der Waals surface area contributed by atoms with Crippen LogP contribution in [0.15, 0.2) is 71.3 Å². The van der Waals surface area contributed by atoms with Gasteiger partial charge in [0.25, 0.3) is 0 Å².